The quantitative estimate of drug-likeness (QED) is 0.498. The number of rotatable bonds is 1. The van der Waals surface area contributed by atoms with Gasteiger partial charge in [-0.3, -0.25) is 4.79 Å². The highest BCUT2D eigenvalue weighted by Gasteiger charge is 2.33. The van der Waals surface area contributed by atoms with Gasteiger partial charge in [0.25, 0.3) is 0 Å². The van der Waals surface area contributed by atoms with Crippen LogP contribution in [0.15, 0.2) is 0 Å². The molecular formula is C5H8NO2. The van der Waals surface area contributed by atoms with Gasteiger partial charge in [0, 0.05) is 5.92 Å². The van der Waals surface area contributed by atoms with E-state index in [1.165, 1.54) is 0 Å². The molecule has 1 atom stereocenters. The summed E-state index contributed by atoms with van der Waals surface area (Å²) in [6.07, 6.45) is -0.394. The molecule has 8 heavy (non-hydrogen) atoms. The predicted molar refractivity (Wildman–Crippen MR) is 27.9 cm³/mol. The van der Waals surface area contributed by atoms with Crippen LogP contribution >= 0.6 is 0 Å². The molecule has 3 nitrogen and oxygen atoms in total. The van der Waals surface area contributed by atoms with E-state index in [-0.39, 0.29) is 5.91 Å². The highest BCUT2D eigenvalue weighted by molar-refractivity contribution is 5.82. The Kier molecular flexibility index (Phi) is 1.21. The molecule has 1 heterocycles. The van der Waals surface area contributed by atoms with Crippen LogP contribution in [0, 0.1) is 5.92 Å². The lowest BCUT2D eigenvalue weighted by atomic mass is 10.0. The molecule has 3 heteroatoms. The molecule has 1 amide bonds. The van der Waals surface area contributed by atoms with Crippen molar-refractivity contribution < 1.29 is 9.53 Å². The summed E-state index contributed by atoms with van der Waals surface area (Å²) in [5, 5.41) is 0. The Hall–Kier alpha value is -0.570. The van der Waals surface area contributed by atoms with Gasteiger partial charge in [0.05, 0.1) is 6.61 Å². The Balaban J connectivity index is 2.37. The maximum Gasteiger partial charge on any atom is 0.247 e. The molecule has 1 radical (unpaired) electrons. The first-order valence-electron chi connectivity index (χ1n) is 2.45. The molecule has 0 aromatic heterocycles. The Morgan fingerprint density at radius 2 is 2.62 bits per heavy atom. The lowest BCUT2D eigenvalue weighted by Gasteiger charge is -2.30. The van der Waals surface area contributed by atoms with Crippen LogP contribution in [0.1, 0.15) is 6.92 Å². The Labute approximate surface area is 47.8 Å². The highest BCUT2D eigenvalue weighted by atomic mass is 16.5. The lowest BCUT2D eigenvalue weighted by molar-refractivity contribution is -0.136. The third kappa shape index (κ3) is 0.690. The summed E-state index contributed by atoms with van der Waals surface area (Å²) in [4.78, 5) is 10.3. The van der Waals surface area contributed by atoms with Gasteiger partial charge < -0.3 is 10.5 Å². The van der Waals surface area contributed by atoms with Crippen LogP contribution < -0.4 is 5.73 Å². The Bertz CT molecular complexity index is 113. The number of ether oxygens (including phenoxy) is 1. The van der Waals surface area contributed by atoms with Crippen molar-refractivity contribution in [2.45, 2.75) is 13.0 Å². The third-order valence-corrected chi connectivity index (χ3v) is 1.18. The monoisotopic (exact) mass is 114 g/mol. The number of carbonyl (C=O) groups is 1. The second-order valence-corrected chi connectivity index (χ2v) is 1.94. The molecule has 0 bridgehead atoms. The summed E-state index contributed by atoms with van der Waals surface area (Å²) in [5.41, 5.74) is 4.90. The molecule has 0 spiro atoms. The molecule has 1 aliphatic rings. The first-order valence-corrected chi connectivity index (χ1v) is 2.45. The van der Waals surface area contributed by atoms with Crippen LogP contribution in [-0.2, 0) is 9.53 Å². The average molecular weight is 114 g/mol. The Morgan fingerprint density at radius 1 is 2.00 bits per heavy atom. The standard InChI is InChI=1S/C5H8NO2/c1-3-2-8-4(3)5(6)7/h4H,2H2,1H3,(H2,6,7). The van der Waals surface area contributed by atoms with Crippen molar-refractivity contribution in [1.29, 1.82) is 0 Å². The molecule has 1 rings (SSSR count). The summed E-state index contributed by atoms with van der Waals surface area (Å²) < 4.78 is 4.79. The minimum atomic E-state index is -0.394. The highest BCUT2D eigenvalue weighted by Crippen LogP contribution is 2.20. The van der Waals surface area contributed by atoms with Gasteiger partial charge >= 0.3 is 0 Å². The van der Waals surface area contributed by atoms with Gasteiger partial charge in [-0.15, -0.1) is 0 Å². The van der Waals surface area contributed by atoms with E-state index in [1.807, 2.05) is 6.92 Å². The van der Waals surface area contributed by atoms with Gasteiger partial charge in [0.2, 0.25) is 5.91 Å². The third-order valence-electron chi connectivity index (χ3n) is 1.18. The SMILES string of the molecule is C[C]1COC1C(N)=O. The van der Waals surface area contributed by atoms with Crippen LogP contribution in [0.3, 0.4) is 0 Å². The zero-order chi connectivity index (χ0) is 6.15. The average Bonchev–Trinajstić information content (AvgIpc) is 1.61. The predicted octanol–water partition coefficient (Wildman–Crippen LogP) is -0.535. The number of hydrogen-bond donors (Lipinski definition) is 1. The summed E-state index contributed by atoms with van der Waals surface area (Å²) in [5.74, 6) is 0.645. The molecule has 1 aliphatic heterocycles. The largest absolute Gasteiger partial charge is 0.367 e. The molecular weight excluding hydrogens is 106 g/mol. The zero-order valence-corrected chi connectivity index (χ0v) is 4.68. The molecule has 0 aromatic carbocycles. The molecule has 1 unspecified atom stereocenters. The van der Waals surface area contributed by atoms with Gasteiger partial charge in [-0.2, -0.15) is 0 Å². The summed E-state index contributed by atoms with van der Waals surface area (Å²) >= 11 is 0. The number of hydrogen-bond acceptors (Lipinski definition) is 2. The van der Waals surface area contributed by atoms with E-state index in [0.717, 1.165) is 5.92 Å². The fourth-order valence-corrected chi connectivity index (χ4v) is 0.658. The van der Waals surface area contributed by atoms with E-state index < -0.39 is 6.10 Å². The van der Waals surface area contributed by atoms with Crippen molar-refractivity contribution in [3.63, 3.8) is 0 Å². The van der Waals surface area contributed by atoms with Crippen molar-refractivity contribution in [3.05, 3.63) is 5.92 Å². The van der Waals surface area contributed by atoms with E-state index in [9.17, 15) is 4.79 Å². The van der Waals surface area contributed by atoms with E-state index in [2.05, 4.69) is 0 Å². The molecule has 0 aliphatic carbocycles. The summed E-state index contributed by atoms with van der Waals surface area (Å²) in [7, 11) is 0. The van der Waals surface area contributed by atoms with Crippen LogP contribution in [0.25, 0.3) is 0 Å². The Morgan fingerprint density at radius 3 is 2.62 bits per heavy atom. The summed E-state index contributed by atoms with van der Waals surface area (Å²) in [6.45, 7) is 2.45. The smallest absolute Gasteiger partial charge is 0.247 e. The van der Waals surface area contributed by atoms with Crippen molar-refractivity contribution in [3.8, 4) is 0 Å². The van der Waals surface area contributed by atoms with Crippen LogP contribution in [0.2, 0.25) is 0 Å². The maximum absolute atomic E-state index is 10.3. The van der Waals surface area contributed by atoms with Gasteiger partial charge in [-0.25, -0.2) is 0 Å². The van der Waals surface area contributed by atoms with Crippen LogP contribution in [0.4, 0.5) is 0 Å². The first kappa shape index (κ1) is 5.56. The van der Waals surface area contributed by atoms with E-state index in [4.69, 9.17) is 10.5 Å². The fraction of sp³-hybridized carbons (Fsp3) is 0.600. The number of nitrogens with two attached hydrogens (primary N) is 1. The molecule has 0 aromatic rings. The number of primary amides is 1. The molecule has 2 N–H and O–H groups in total. The zero-order valence-electron chi connectivity index (χ0n) is 4.68. The summed E-state index contributed by atoms with van der Waals surface area (Å²) in [6, 6.07) is 0. The van der Waals surface area contributed by atoms with E-state index in [0.29, 0.717) is 6.61 Å². The molecule has 1 fully saturated rings. The minimum absolute atomic E-state index is 0.381. The van der Waals surface area contributed by atoms with Gasteiger partial charge in [-0.1, -0.05) is 6.92 Å². The lowest BCUT2D eigenvalue weighted by Crippen LogP contribution is -2.45. The van der Waals surface area contributed by atoms with Crippen molar-refractivity contribution >= 4 is 5.91 Å². The maximum atomic E-state index is 10.3. The first-order chi connectivity index (χ1) is 3.72. The topological polar surface area (TPSA) is 52.3 Å². The second kappa shape index (κ2) is 1.74. The van der Waals surface area contributed by atoms with E-state index >= 15 is 0 Å². The van der Waals surface area contributed by atoms with Crippen molar-refractivity contribution in [2.75, 3.05) is 6.61 Å². The number of carbonyl (C=O) groups excluding carboxylic acids is 1. The molecule has 45 valence electrons. The van der Waals surface area contributed by atoms with Crippen molar-refractivity contribution in [2.24, 2.45) is 5.73 Å². The van der Waals surface area contributed by atoms with Gasteiger partial charge in [0.15, 0.2) is 0 Å². The second-order valence-electron chi connectivity index (χ2n) is 1.94. The van der Waals surface area contributed by atoms with Crippen LogP contribution in [-0.4, -0.2) is 18.6 Å². The molecule has 0 saturated carbocycles. The van der Waals surface area contributed by atoms with Gasteiger partial charge in [0.1, 0.15) is 6.10 Å². The van der Waals surface area contributed by atoms with Crippen LogP contribution in [0.5, 0.6) is 0 Å². The van der Waals surface area contributed by atoms with Crippen molar-refractivity contribution in [1.82, 2.24) is 0 Å². The number of amides is 1. The fourth-order valence-electron chi connectivity index (χ4n) is 0.658. The van der Waals surface area contributed by atoms with E-state index in [1.54, 1.807) is 0 Å². The normalized spacial score (nSPS) is 29.4. The minimum Gasteiger partial charge on any atom is -0.367 e. The van der Waals surface area contributed by atoms with Gasteiger partial charge in [-0.05, 0) is 0 Å². The molecule has 1 saturated heterocycles.